The molecule has 1 aliphatic rings. The van der Waals surface area contributed by atoms with Gasteiger partial charge in [-0.1, -0.05) is 42.7 Å². The molecule has 0 radical (unpaired) electrons. The number of sulfonamides is 1. The van der Waals surface area contributed by atoms with Crippen LogP contribution < -0.4 is 4.72 Å². The van der Waals surface area contributed by atoms with Gasteiger partial charge in [-0.15, -0.1) is 11.8 Å². The van der Waals surface area contributed by atoms with Crippen LogP contribution in [0.1, 0.15) is 47.2 Å². The van der Waals surface area contributed by atoms with Gasteiger partial charge in [-0.2, -0.15) is 0 Å². The molecule has 1 N–H and O–H groups in total. The third-order valence-corrected chi connectivity index (χ3v) is 7.35. The van der Waals surface area contributed by atoms with E-state index >= 15 is 0 Å². The summed E-state index contributed by atoms with van der Waals surface area (Å²) in [6.45, 7) is 3.65. The van der Waals surface area contributed by atoms with Gasteiger partial charge < -0.3 is 4.90 Å². The molecular formula is C22H28N2O3S2. The van der Waals surface area contributed by atoms with Crippen LogP contribution in [0.5, 0.6) is 0 Å². The Hall–Kier alpha value is -1.83. The van der Waals surface area contributed by atoms with Gasteiger partial charge in [0.15, 0.2) is 0 Å². The normalized spacial score (nSPS) is 15.2. The minimum atomic E-state index is -3.72. The van der Waals surface area contributed by atoms with E-state index < -0.39 is 10.0 Å². The second kappa shape index (κ2) is 9.78. The van der Waals surface area contributed by atoms with E-state index in [-0.39, 0.29) is 17.3 Å². The number of thioether (sulfide) groups is 1. The monoisotopic (exact) mass is 432 g/mol. The standard InChI is InChI=1S/C22H28N2O3S2/c1-17-8-7-9-18(14-17)16-23-29(26,27)19-10-11-21(28-2)20(15-19)22(25)24-12-5-3-4-6-13-24/h7-11,14-15,23H,3-6,12-13,16H2,1-2H3. The lowest BCUT2D eigenvalue weighted by Gasteiger charge is -2.22. The third-order valence-electron chi connectivity index (χ3n) is 5.15. The molecule has 0 unspecified atom stereocenters. The summed E-state index contributed by atoms with van der Waals surface area (Å²) in [5.74, 6) is -0.0769. The first-order chi connectivity index (χ1) is 13.9. The van der Waals surface area contributed by atoms with Crippen molar-refractivity contribution in [1.29, 1.82) is 0 Å². The Bertz CT molecular complexity index is 966. The summed E-state index contributed by atoms with van der Waals surface area (Å²) >= 11 is 1.46. The third kappa shape index (κ3) is 5.62. The summed E-state index contributed by atoms with van der Waals surface area (Å²) in [6.07, 6.45) is 6.17. The molecule has 0 bridgehead atoms. The maximum absolute atomic E-state index is 13.1. The van der Waals surface area contributed by atoms with Crippen molar-refractivity contribution in [3.63, 3.8) is 0 Å². The summed E-state index contributed by atoms with van der Waals surface area (Å²) < 4.78 is 28.4. The number of amides is 1. The van der Waals surface area contributed by atoms with Crippen LogP contribution in [0.4, 0.5) is 0 Å². The maximum atomic E-state index is 13.1. The van der Waals surface area contributed by atoms with Crippen molar-refractivity contribution in [2.45, 2.75) is 48.9 Å². The number of rotatable bonds is 6. The number of nitrogens with one attached hydrogen (secondary N) is 1. The van der Waals surface area contributed by atoms with Crippen LogP contribution in [-0.2, 0) is 16.6 Å². The highest BCUT2D eigenvalue weighted by molar-refractivity contribution is 7.98. The van der Waals surface area contributed by atoms with Gasteiger partial charge in [0.2, 0.25) is 10.0 Å². The Kier molecular flexibility index (Phi) is 7.38. The van der Waals surface area contributed by atoms with E-state index in [9.17, 15) is 13.2 Å². The molecule has 3 rings (SSSR count). The minimum Gasteiger partial charge on any atom is -0.339 e. The number of carbonyl (C=O) groups is 1. The predicted octanol–water partition coefficient (Wildman–Crippen LogP) is 4.21. The van der Waals surface area contributed by atoms with E-state index in [1.807, 2.05) is 42.3 Å². The summed E-state index contributed by atoms with van der Waals surface area (Å²) in [4.78, 5) is 15.9. The number of likely N-dealkylation sites (tertiary alicyclic amines) is 1. The highest BCUT2D eigenvalue weighted by atomic mass is 32.2. The molecule has 1 fully saturated rings. The van der Waals surface area contributed by atoms with Gasteiger partial charge in [0.25, 0.3) is 5.91 Å². The van der Waals surface area contributed by atoms with Crippen LogP contribution in [0.15, 0.2) is 52.3 Å². The Morgan fingerprint density at radius 1 is 1.07 bits per heavy atom. The first-order valence-corrected chi connectivity index (χ1v) is 12.6. The van der Waals surface area contributed by atoms with Crippen molar-refractivity contribution in [3.8, 4) is 0 Å². The Morgan fingerprint density at radius 2 is 1.79 bits per heavy atom. The fraction of sp³-hybridized carbons (Fsp3) is 0.409. The average Bonchev–Trinajstić information content (AvgIpc) is 3.01. The Balaban J connectivity index is 1.83. The van der Waals surface area contributed by atoms with Crippen molar-refractivity contribution in [2.24, 2.45) is 0 Å². The van der Waals surface area contributed by atoms with Crippen LogP contribution in [0.3, 0.4) is 0 Å². The molecule has 0 aliphatic carbocycles. The van der Waals surface area contributed by atoms with E-state index in [0.29, 0.717) is 5.56 Å². The van der Waals surface area contributed by atoms with E-state index in [2.05, 4.69) is 4.72 Å². The smallest absolute Gasteiger partial charge is 0.255 e. The van der Waals surface area contributed by atoms with E-state index in [4.69, 9.17) is 0 Å². The van der Waals surface area contributed by atoms with Gasteiger partial charge in [0, 0.05) is 24.5 Å². The highest BCUT2D eigenvalue weighted by Crippen LogP contribution is 2.26. The summed E-state index contributed by atoms with van der Waals surface area (Å²) in [5, 5.41) is 0. The van der Waals surface area contributed by atoms with Crippen molar-refractivity contribution < 1.29 is 13.2 Å². The first kappa shape index (κ1) is 21.9. The summed E-state index contributed by atoms with van der Waals surface area (Å²) in [5.41, 5.74) is 2.45. The van der Waals surface area contributed by atoms with Crippen LogP contribution in [0, 0.1) is 6.92 Å². The second-order valence-electron chi connectivity index (χ2n) is 7.38. The van der Waals surface area contributed by atoms with E-state index in [1.54, 1.807) is 12.1 Å². The fourth-order valence-electron chi connectivity index (χ4n) is 3.55. The van der Waals surface area contributed by atoms with Crippen molar-refractivity contribution in [2.75, 3.05) is 19.3 Å². The van der Waals surface area contributed by atoms with E-state index in [1.165, 1.54) is 17.8 Å². The molecule has 1 saturated heterocycles. The Labute approximate surface area is 177 Å². The molecule has 7 heteroatoms. The van der Waals surface area contributed by atoms with Crippen LogP contribution in [0.25, 0.3) is 0 Å². The number of hydrogen-bond donors (Lipinski definition) is 1. The number of benzene rings is 2. The first-order valence-electron chi connectivity index (χ1n) is 9.93. The number of aryl methyl sites for hydroxylation is 1. The lowest BCUT2D eigenvalue weighted by Crippen LogP contribution is -2.32. The molecule has 2 aromatic carbocycles. The van der Waals surface area contributed by atoms with Gasteiger partial charge >= 0.3 is 0 Å². The lowest BCUT2D eigenvalue weighted by atomic mass is 10.1. The number of carbonyl (C=O) groups excluding carboxylic acids is 1. The van der Waals surface area contributed by atoms with Crippen molar-refractivity contribution in [3.05, 3.63) is 59.2 Å². The molecule has 156 valence electrons. The molecule has 0 aromatic heterocycles. The van der Waals surface area contributed by atoms with Crippen LogP contribution in [0.2, 0.25) is 0 Å². The van der Waals surface area contributed by atoms with Crippen LogP contribution >= 0.6 is 11.8 Å². The van der Waals surface area contributed by atoms with E-state index in [0.717, 1.165) is 54.8 Å². The molecule has 0 saturated carbocycles. The molecule has 1 aliphatic heterocycles. The molecule has 1 amide bonds. The maximum Gasteiger partial charge on any atom is 0.255 e. The number of hydrogen-bond acceptors (Lipinski definition) is 4. The SMILES string of the molecule is CSc1ccc(S(=O)(=O)NCc2cccc(C)c2)cc1C(=O)N1CCCCCC1. The van der Waals surface area contributed by atoms with Crippen LogP contribution in [-0.4, -0.2) is 38.6 Å². The minimum absolute atomic E-state index is 0.0769. The zero-order valence-corrected chi connectivity index (χ0v) is 18.6. The lowest BCUT2D eigenvalue weighted by molar-refractivity contribution is 0.0758. The zero-order chi connectivity index (χ0) is 20.9. The molecule has 29 heavy (non-hydrogen) atoms. The topological polar surface area (TPSA) is 66.5 Å². The van der Waals surface area contributed by atoms with Crippen molar-refractivity contribution in [1.82, 2.24) is 9.62 Å². The van der Waals surface area contributed by atoms with Gasteiger partial charge in [-0.05, 0) is 49.8 Å². The quantitative estimate of drug-likeness (QED) is 0.695. The van der Waals surface area contributed by atoms with Gasteiger partial charge in [0.05, 0.1) is 10.5 Å². The van der Waals surface area contributed by atoms with Gasteiger partial charge in [0.1, 0.15) is 0 Å². The molecule has 0 spiro atoms. The molecule has 2 aromatic rings. The van der Waals surface area contributed by atoms with Gasteiger partial charge in [-0.3, -0.25) is 4.79 Å². The molecular weight excluding hydrogens is 404 g/mol. The molecule has 1 heterocycles. The average molecular weight is 433 g/mol. The largest absolute Gasteiger partial charge is 0.339 e. The molecule has 5 nitrogen and oxygen atoms in total. The molecule has 0 atom stereocenters. The van der Waals surface area contributed by atoms with Crippen molar-refractivity contribution >= 4 is 27.7 Å². The second-order valence-corrected chi connectivity index (χ2v) is 10.00. The van der Waals surface area contributed by atoms with Gasteiger partial charge in [-0.25, -0.2) is 13.1 Å². The fourth-order valence-corrected chi connectivity index (χ4v) is 5.16. The predicted molar refractivity (Wildman–Crippen MR) is 118 cm³/mol. The Morgan fingerprint density at radius 3 is 2.45 bits per heavy atom. The number of nitrogens with zero attached hydrogens (tertiary/aromatic N) is 1. The zero-order valence-electron chi connectivity index (χ0n) is 17.0. The highest BCUT2D eigenvalue weighted by Gasteiger charge is 2.23. The summed E-state index contributed by atoms with van der Waals surface area (Å²) in [7, 11) is -3.72. The summed E-state index contributed by atoms with van der Waals surface area (Å²) in [6, 6.07) is 12.6.